The van der Waals surface area contributed by atoms with Crippen molar-refractivity contribution in [2.24, 2.45) is 0 Å². The van der Waals surface area contributed by atoms with Crippen LogP contribution < -0.4 is 15.4 Å². The number of halogens is 1. The Hall–Kier alpha value is -1.37. The van der Waals surface area contributed by atoms with Crippen molar-refractivity contribution in [2.75, 3.05) is 13.7 Å². The number of nitrogens with zero attached hydrogens (tertiary/aromatic N) is 1. The summed E-state index contributed by atoms with van der Waals surface area (Å²) in [7, 11) is 1.54. The molecule has 2 unspecified atom stereocenters. The highest BCUT2D eigenvalue weighted by molar-refractivity contribution is 6.29. The van der Waals surface area contributed by atoms with Crippen molar-refractivity contribution in [1.29, 1.82) is 0 Å². The maximum Gasteiger partial charge on any atom is 0.220 e. The molecule has 1 aromatic heterocycles. The molecule has 0 saturated carbocycles. The van der Waals surface area contributed by atoms with Gasteiger partial charge in [-0.1, -0.05) is 11.6 Å². The molecular weight excluding hydrogens is 294 g/mol. The van der Waals surface area contributed by atoms with Crippen molar-refractivity contribution in [3.8, 4) is 5.88 Å². The summed E-state index contributed by atoms with van der Waals surface area (Å²) in [5.41, 5.74) is 1.81. The molecular formula is C14H18ClN3O3. The molecule has 3 atom stereocenters. The minimum atomic E-state index is -0.550. The van der Waals surface area contributed by atoms with Crippen LogP contribution in [0.25, 0.3) is 0 Å². The summed E-state index contributed by atoms with van der Waals surface area (Å²) in [6.07, 6.45) is 1.35. The quantitative estimate of drug-likeness (QED) is 0.708. The van der Waals surface area contributed by atoms with Gasteiger partial charge >= 0.3 is 0 Å². The molecule has 1 amide bonds. The Balaban J connectivity index is 1.76. The molecule has 1 saturated heterocycles. The second kappa shape index (κ2) is 5.79. The lowest BCUT2D eigenvalue weighted by atomic mass is 10.1. The number of hydrogen-bond acceptors (Lipinski definition) is 5. The maximum atomic E-state index is 11.2. The van der Waals surface area contributed by atoms with Crippen LogP contribution in [-0.2, 0) is 11.2 Å². The number of amides is 1. The first-order valence-corrected chi connectivity index (χ1v) is 7.40. The van der Waals surface area contributed by atoms with E-state index in [1.54, 1.807) is 6.07 Å². The summed E-state index contributed by atoms with van der Waals surface area (Å²) in [5.74, 6) is 0.530. The van der Waals surface area contributed by atoms with Gasteiger partial charge < -0.3 is 20.5 Å². The zero-order valence-electron chi connectivity index (χ0n) is 11.7. The van der Waals surface area contributed by atoms with Crippen LogP contribution in [-0.4, -0.2) is 41.8 Å². The van der Waals surface area contributed by atoms with Crippen LogP contribution in [0.2, 0.25) is 5.15 Å². The molecule has 0 spiro atoms. The normalized spacial score (nSPS) is 27.6. The average Bonchev–Trinajstić information content (AvgIpc) is 2.98. The number of hydrogen-bond donors (Lipinski definition) is 3. The second-order valence-corrected chi connectivity index (χ2v) is 5.87. The van der Waals surface area contributed by atoms with Crippen molar-refractivity contribution in [3.63, 3.8) is 0 Å². The van der Waals surface area contributed by atoms with Crippen molar-refractivity contribution in [3.05, 3.63) is 22.3 Å². The molecule has 2 heterocycles. The average molecular weight is 312 g/mol. The molecule has 0 radical (unpaired) electrons. The van der Waals surface area contributed by atoms with Gasteiger partial charge in [-0.15, -0.1) is 0 Å². The molecule has 3 N–H and O–H groups in total. The topological polar surface area (TPSA) is 83.5 Å². The summed E-state index contributed by atoms with van der Waals surface area (Å²) in [6, 6.07) is 1.62. The van der Waals surface area contributed by atoms with Crippen molar-refractivity contribution in [2.45, 2.75) is 37.5 Å². The van der Waals surface area contributed by atoms with E-state index < -0.39 is 6.10 Å². The van der Waals surface area contributed by atoms with E-state index in [0.29, 0.717) is 30.4 Å². The van der Waals surface area contributed by atoms with E-state index in [0.717, 1.165) is 17.5 Å². The fourth-order valence-electron chi connectivity index (χ4n) is 3.08. The van der Waals surface area contributed by atoms with Gasteiger partial charge in [0.1, 0.15) is 5.15 Å². The highest BCUT2D eigenvalue weighted by atomic mass is 35.5. The van der Waals surface area contributed by atoms with E-state index in [1.165, 1.54) is 7.11 Å². The third kappa shape index (κ3) is 2.84. The number of aliphatic hydroxyl groups is 1. The third-order valence-electron chi connectivity index (χ3n) is 4.07. The van der Waals surface area contributed by atoms with Gasteiger partial charge in [-0.05, 0) is 18.1 Å². The van der Waals surface area contributed by atoms with Crippen LogP contribution in [0.5, 0.6) is 5.88 Å². The molecule has 1 aliphatic carbocycles. The van der Waals surface area contributed by atoms with Crippen LogP contribution in [0.3, 0.4) is 0 Å². The van der Waals surface area contributed by atoms with Crippen LogP contribution in [0.1, 0.15) is 30.0 Å². The number of ether oxygens (including phenoxy) is 1. The molecule has 114 valence electrons. The summed E-state index contributed by atoms with van der Waals surface area (Å²) in [6.45, 7) is 0.610. The number of fused-ring (bicyclic) bond motifs is 1. The fourth-order valence-corrected chi connectivity index (χ4v) is 3.29. The molecule has 2 aliphatic rings. The SMILES string of the molecule is COc1nc(Cl)cc2c1C(NC[C@@H]1CCC(=O)N1)C(O)C2. The lowest BCUT2D eigenvalue weighted by Gasteiger charge is -2.21. The van der Waals surface area contributed by atoms with E-state index >= 15 is 0 Å². The van der Waals surface area contributed by atoms with E-state index in [9.17, 15) is 9.90 Å². The predicted molar refractivity (Wildman–Crippen MR) is 77.4 cm³/mol. The van der Waals surface area contributed by atoms with Crippen molar-refractivity contribution < 1.29 is 14.6 Å². The number of carbonyl (C=O) groups is 1. The smallest absolute Gasteiger partial charge is 0.220 e. The minimum Gasteiger partial charge on any atom is -0.481 e. The first-order chi connectivity index (χ1) is 10.1. The van der Waals surface area contributed by atoms with E-state index in [1.807, 2.05) is 0 Å². The third-order valence-corrected chi connectivity index (χ3v) is 4.26. The van der Waals surface area contributed by atoms with Crippen LogP contribution >= 0.6 is 11.6 Å². The monoisotopic (exact) mass is 311 g/mol. The molecule has 0 aromatic carbocycles. The summed E-state index contributed by atoms with van der Waals surface area (Å²) in [4.78, 5) is 15.4. The number of aromatic nitrogens is 1. The lowest BCUT2D eigenvalue weighted by Crippen LogP contribution is -2.39. The largest absolute Gasteiger partial charge is 0.481 e. The number of rotatable bonds is 4. The van der Waals surface area contributed by atoms with Crippen LogP contribution in [0.15, 0.2) is 6.07 Å². The molecule has 0 bridgehead atoms. The Morgan fingerprint density at radius 2 is 2.43 bits per heavy atom. The Morgan fingerprint density at radius 3 is 3.10 bits per heavy atom. The van der Waals surface area contributed by atoms with E-state index in [-0.39, 0.29) is 18.0 Å². The van der Waals surface area contributed by atoms with Crippen molar-refractivity contribution >= 4 is 17.5 Å². The number of pyridine rings is 1. The Kier molecular flexibility index (Phi) is 4.01. The van der Waals surface area contributed by atoms with Gasteiger partial charge in [0, 0.05) is 31.0 Å². The maximum absolute atomic E-state index is 11.2. The van der Waals surface area contributed by atoms with Crippen LogP contribution in [0.4, 0.5) is 0 Å². The van der Waals surface area contributed by atoms with Crippen molar-refractivity contribution in [1.82, 2.24) is 15.6 Å². The first kappa shape index (κ1) is 14.6. The summed E-state index contributed by atoms with van der Waals surface area (Å²) < 4.78 is 5.29. The van der Waals surface area contributed by atoms with Crippen LogP contribution in [0, 0.1) is 0 Å². The zero-order valence-corrected chi connectivity index (χ0v) is 12.5. The molecule has 21 heavy (non-hydrogen) atoms. The first-order valence-electron chi connectivity index (χ1n) is 7.02. The van der Waals surface area contributed by atoms with Gasteiger partial charge in [0.05, 0.1) is 19.3 Å². The Morgan fingerprint density at radius 1 is 1.62 bits per heavy atom. The van der Waals surface area contributed by atoms with Gasteiger partial charge in [0.25, 0.3) is 0 Å². The van der Waals surface area contributed by atoms with E-state index in [4.69, 9.17) is 16.3 Å². The zero-order chi connectivity index (χ0) is 15.0. The number of nitrogens with one attached hydrogen (secondary N) is 2. The molecule has 1 aliphatic heterocycles. The van der Waals surface area contributed by atoms with E-state index in [2.05, 4.69) is 15.6 Å². The number of aliphatic hydroxyl groups excluding tert-OH is 1. The second-order valence-electron chi connectivity index (χ2n) is 5.49. The lowest BCUT2D eigenvalue weighted by molar-refractivity contribution is -0.119. The Bertz CT molecular complexity index is 567. The molecule has 6 nitrogen and oxygen atoms in total. The predicted octanol–water partition coefficient (Wildman–Crippen LogP) is 0.570. The highest BCUT2D eigenvalue weighted by Crippen LogP contribution is 2.38. The molecule has 3 rings (SSSR count). The van der Waals surface area contributed by atoms with Gasteiger partial charge in [-0.3, -0.25) is 4.79 Å². The van der Waals surface area contributed by atoms with Gasteiger partial charge in [-0.25, -0.2) is 4.98 Å². The standard InChI is InChI=1S/C14H18ClN3O3/c1-21-14-12-7(5-10(15)18-14)4-9(19)13(12)16-6-8-2-3-11(20)17-8/h5,8-9,13,16,19H,2-4,6H2,1H3,(H,17,20)/t8-,9?,13?/m0/s1. The van der Waals surface area contributed by atoms with Gasteiger partial charge in [-0.2, -0.15) is 0 Å². The molecule has 7 heteroatoms. The highest BCUT2D eigenvalue weighted by Gasteiger charge is 2.35. The number of carbonyl (C=O) groups excluding carboxylic acids is 1. The summed E-state index contributed by atoms with van der Waals surface area (Å²) >= 11 is 5.96. The molecule has 1 aromatic rings. The molecule has 1 fully saturated rings. The van der Waals surface area contributed by atoms with Gasteiger partial charge in [0.15, 0.2) is 0 Å². The Labute approximate surface area is 127 Å². The van der Waals surface area contributed by atoms with Gasteiger partial charge in [0.2, 0.25) is 11.8 Å². The minimum absolute atomic E-state index is 0.0835. The summed E-state index contributed by atoms with van der Waals surface area (Å²) in [5, 5.41) is 16.9. The fraction of sp³-hybridized carbons (Fsp3) is 0.571. The number of methoxy groups -OCH3 is 1.